The highest BCUT2D eigenvalue weighted by Gasteiger charge is 2.38. The number of carbonyl (C=O) groups is 6. The van der Waals surface area contributed by atoms with Gasteiger partial charge in [0.25, 0.3) is 0 Å². The third-order valence-electron chi connectivity index (χ3n) is 5.48. The number of aromatic amines is 1. The molecule has 2 rings (SSSR count). The Kier molecular flexibility index (Phi) is 9.69. The molecular formula is C20H30N8O7. The number of H-pyrrole nitrogens is 1. The van der Waals surface area contributed by atoms with Crippen LogP contribution >= 0.6 is 0 Å². The Morgan fingerprint density at radius 1 is 1.14 bits per heavy atom. The maximum atomic E-state index is 13.0. The first-order valence-corrected chi connectivity index (χ1v) is 10.9. The molecule has 0 spiro atoms. The first-order valence-electron chi connectivity index (χ1n) is 10.9. The van der Waals surface area contributed by atoms with Gasteiger partial charge in [0.05, 0.1) is 18.8 Å². The van der Waals surface area contributed by atoms with E-state index in [1.807, 2.05) is 0 Å². The van der Waals surface area contributed by atoms with Crippen LogP contribution in [0.15, 0.2) is 12.5 Å². The fourth-order valence-corrected chi connectivity index (χ4v) is 3.73. The maximum absolute atomic E-state index is 13.0. The molecule has 1 aromatic heterocycles. The van der Waals surface area contributed by atoms with Gasteiger partial charge in [0.2, 0.25) is 29.5 Å². The zero-order chi connectivity index (χ0) is 26.1. The molecule has 35 heavy (non-hydrogen) atoms. The summed E-state index contributed by atoms with van der Waals surface area (Å²) in [5.41, 5.74) is 16.9. The summed E-state index contributed by atoms with van der Waals surface area (Å²) in [5.74, 6) is -5.27. The van der Waals surface area contributed by atoms with E-state index in [0.29, 0.717) is 18.5 Å². The largest absolute Gasteiger partial charge is 0.480 e. The quantitative estimate of drug-likeness (QED) is 0.143. The molecule has 1 fully saturated rings. The van der Waals surface area contributed by atoms with Gasteiger partial charge in [0, 0.05) is 31.3 Å². The summed E-state index contributed by atoms with van der Waals surface area (Å²) >= 11 is 0. The molecule has 192 valence electrons. The van der Waals surface area contributed by atoms with E-state index in [-0.39, 0.29) is 25.8 Å². The summed E-state index contributed by atoms with van der Waals surface area (Å²) < 4.78 is 0. The molecule has 0 bridgehead atoms. The summed E-state index contributed by atoms with van der Waals surface area (Å²) in [6, 6.07) is -4.85. The Labute approximate surface area is 200 Å². The van der Waals surface area contributed by atoms with E-state index in [2.05, 4.69) is 20.6 Å². The number of nitrogens with zero attached hydrogens (tertiary/aromatic N) is 2. The molecule has 10 N–H and O–H groups in total. The normalized spacial score (nSPS) is 17.7. The van der Waals surface area contributed by atoms with Crippen LogP contribution in [0, 0.1) is 0 Å². The van der Waals surface area contributed by atoms with Crippen molar-refractivity contribution < 1.29 is 33.9 Å². The van der Waals surface area contributed by atoms with Crippen molar-refractivity contribution in [2.75, 3.05) is 6.54 Å². The molecule has 15 nitrogen and oxygen atoms in total. The monoisotopic (exact) mass is 494 g/mol. The van der Waals surface area contributed by atoms with Crippen LogP contribution in [0.3, 0.4) is 0 Å². The molecule has 4 unspecified atom stereocenters. The number of primary amides is 2. The number of imidazole rings is 1. The lowest BCUT2D eigenvalue weighted by Gasteiger charge is -2.28. The Morgan fingerprint density at radius 2 is 1.86 bits per heavy atom. The number of aromatic nitrogens is 2. The zero-order valence-corrected chi connectivity index (χ0v) is 18.9. The van der Waals surface area contributed by atoms with Crippen molar-refractivity contribution in [2.45, 2.75) is 62.7 Å². The molecule has 1 aromatic rings. The van der Waals surface area contributed by atoms with Crippen LogP contribution in [-0.2, 0) is 35.2 Å². The molecule has 0 aromatic carbocycles. The molecule has 1 aliphatic rings. The van der Waals surface area contributed by atoms with E-state index >= 15 is 0 Å². The minimum absolute atomic E-state index is 0.179. The number of carboxylic acids is 1. The lowest BCUT2D eigenvalue weighted by molar-refractivity contribution is -0.143. The van der Waals surface area contributed by atoms with Crippen LogP contribution in [0.2, 0.25) is 0 Å². The predicted octanol–water partition coefficient (Wildman–Crippen LogP) is -3.53. The number of amides is 5. The Balaban J connectivity index is 2.07. The number of hydrogen-bond donors (Lipinski definition) is 7. The molecule has 1 saturated heterocycles. The number of nitrogens with one attached hydrogen (secondary N) is 3. The molecule has 5 amide bonds. The van der Waals surface area contributed by atoms with Crippen LogP contribution in [0.1, 0.15) is 37.8 Å². The van der Waals surface area contributed by atoms with Gasteiger partial charge in [-0.2, -0.15) is 0 Å². The molecule has 1 aliphatic heterocycles. The second-order valence-electron chi connectivity index (χ2n) is 8.21. The van der Waals surface area contributed by atoms with Crippen molar-refractivity contribution in [1.82, 2.24) is 25.5 Å². The van der Waals surface area contributed by atoms with E-state index < -0.39 is 66.1 Å². The lowest BCUT2D eigenvalue weighted by Crippen LogP contribution is -2.57. The fraction of sp³-hybridized carbons (Fsp3) is 0.550. The third-order valence-corrected chi connectivity index (χ3v) is 5.48. The highest BCUT2D eigenvalue weighted by atomic mass is 16.4. The SMILES string of the molecule is NC(=O)CCC(NC(=O)C(CC(N)=O)NC(=O)C1CCCN1C(=O)C(N)Cc1cnc[nH]1)C(=O)O. The number of nitrogens with two attached hydrogens (primary N) is 3. The highest BCUT2D eigenvalue weighted by molar-refractivity contribution is 5.96. The first-order chi connectivity index (χ1) is 16.5. The number of aliphatic carboxylic acids is 1. The van der Waals surface area contributed by atoms with Crippen molar-refractivity contribution in [2.24, 2.45) is 17.2 Å². The Bertz CT molecular complexity index is 951. The lowest BCUT2D eigenvalue weighted by atomic mass is 10.1. The molecule has 2 heterocycles. The smallest absolute Gasteiger partial charge is 0.326 e. The average Bonchev–Trinajstić information content (AvgIpc) is 3.46. The standard InChI is InChI=1S/C20H30N8O7/c21-11(6-10-8-24-9-25-10)19(33)28-5-1-2-14(28)18(32)27-13(7-16(23)30)17(31)26-12(20(34)35)3-4-15(22)29/h8-9,11-14H,1-7,21H2,(H2,22,29)(H2,23,30)(H,24,25)(H,26,31)(H,27,32)(H,34,35). The van der Waals surface area contributed by atoms with Crippen LogP contribution in [-0.4, -0.2) is 86.2 Å². The molecule has 0 saturated carbocycles. The van der Waals surface area contributed by atoms with Crippen LogP contribution in [0.4, 0.5) is 0 Å². The van der Waals surface area contributed by atoms with E-state index in [1.54, 1.807) is 0 Å². The topological polar surface area (TPSA) is 257 Å². The average molecular weight is 495 g/mol. The van der Waals surface area contributed by atoms with Crippen LogP contribution in [0.5, 0.6) is 0 Å². The minimum atomic E-state index is -1.49. The second kappa shape index (κ2) is 12.5. The second-order valence-corrected chi connectivity index (χ2v) is 8.21. The maximum Gasteiger partial charge on any atom is 0.326 e. The molecule has 0 aliphatic carbocycles. The molecular weight excluding hydrogens is 464 g/mol. The molecule has 15 heteroatoms. The summed E-state index contributed by atoms with van der Waals surface area (Å²) in [5, 5.41) is 13.8. The van der Waals surface area contributed by atoms with Crippen molar-refractivity contribution in [3.63, 3.8) is 0 Å². The zero-order valence-electron chi connectivity index (χ0n) is 18.9. The van der Waals surface area contributed by atoms with Crippen molar-refractivity contribution in [3.05, 3.63) is 18.2 Å². The van der Waals surface area contributed by atoms with Crippen molar-refractivity contribution >= 4 is 35.5 Å². The summed E-state index contributed by atoms with van der Waals surface area (Å²) in [4.78, 5) is 80.4. The third kappa shape index (κ3) is 8.06. The molecule has 4 atom stereocenters. The molecule has 0 radical (unpaired) electrons. The van der Waals surface area contributed by atoms with Crippen molar-refractivity contribution in [1.29, 1.82) is 0 Å². The number of hydrogen-bond acceptors (Lipinski definition) is 8. The number of carbonyl (C=O) groups excluding carboxylic acids is 5. The van der Waals surface area contributed by atoms with Crippen LogP contribution < -0.4 is 27.8 Å². The Morgan fingerprint density at radius 3 is 2.43 bits per heavy atom. The van der Waals surface area contributed by atoms with Crippen molar-refractivity contribution in [3.8, 4) is 0 Å². The van der Waals surface area contributed by atoms with E-state index in [0.717, 1.165) is 0 Å². The minimum Gasteiger partial charge on any atom is -0.480 e. The summed E-state index contributed by atoms with van der Waals surface area (Å²) in [6.45, 7) is 0.272. The van der Waals surface area contributed by atoms with E-state index in [1.165, 1.54) is 17.4 Å². The van der Waals surface area contributed by atoms with Gasteiger partial charge in [-0.05, 0) is 19.3 Å². The highest BCUT2D eigenvalue weighted by Crippen LogP contribution is 2.19. The summed E-state index contributed by atoms with van der Waals surface area (Å²) in [6.07, 6.45) is 2.78. The van der Waals surface area contributed by atoms with Gasteiger partial charge in [-0.3, -0.25) is 24.0 Å². The van der Waals surface area contributed by atoms with Gasteiger partial charge < -0.3 is 42.8 Å². The number of rotatable bonds is 13. The van der Waals surface area contributed by atoms with Gasteiger partial charge >= 0.3 is 5.97 Å². The van der Waals surface area contributed by atoms with Gasteiger partial charge in [0.1, 0.15) is 18.1 Å². The van der Waals surface area contributed by atoms with Gasteiger partial charge in [-0.25, -0.2) is 9.78 Å². The van der Waals surface area contributed by atoms with Gasteiger partial charge in [0.15, 0.2) is 0 Å². The predicted molar refractivity (Wildman–Crippen MR) is 119 cm³/mol. The number of likely N-dealkylation sites (tertiary alicyclic amines) is 1. The van der Waals surface area contributed by atoms with Gasteiger partial charge in [-0.15, -0.1) is 0 Å². The summed E-state index contributed by atoms with van der Waals surface area (Å²) in [7, 11) is 0. The van der Waals surface area contributed by atoms with Gasteiger partial charge in [-0.1, -0.05) is 0 Å². The number of carboxylic acid groups (broad SMARTS) is 1. The van der Waals surface area contributed by atoms with E-state index in [9.17, 15) is 33.9 Å². The fourth-order valence-electron chi connectivity index (χ4n) is 3.73. The van der Waals surface area contributed by atoms with Crippen LogP contribution in [0.25, 0.3) is 0 Å². The Hall–Kier alpha value is -4.01. The first kappa shape index (κ1) is 27.2. The van der Waals surface area contributed by atoms with E-state index in [4.69, 9.17) is 17.2 Å².